The molecule has 1 aliphatic heterocycles. The zero-order chi connectivity index (χ0) is 23.0. The third-order valence-electron chi connectivity index (χ3n) is 6.63. The Bertz CT molecular complexity index is 1030. The Kier molecular flexibility index (Phi) is 7.96. The molecule has 4 rings (SSSR count). The first-order chi connectivity index (χ1) is 16.2. The van der Waals surface area contributed by atoms with E-state index in [9.17, 15) is 4.39 Å². The number of rotatable bonds is 9. The van der Waals surface area contributed by atoms with Gasteiger partial charge in [-0.05, 0) is 66.3 Å². The number of allylic oxidation sites excluding steroid dienone is 1. The Labute approximate surface area is 197 Å². The molecular formula is C30H34FNO. The molecule has 0 bridgehead atoms. The number of hydrogen-bond acceptors (Lipinski definition) is 2. The van der Waals surface area contributed by atoms with Crippen LogP contribution in [0.1, 0.15) is 43.4 Å². The first-order valence-corrected chi connectivity index (χ1v) is 12.1. The van der Waals surface area contributed by atoms with Crippen LogP contribution in [0.25, 0.3) is 11.1 Å². The fraction of sp³-hybridized carbons (Fsp3) is 0.333. The highest BCUT2D eigenvalue weighted by molar-refractivity contribution is 5.98. The highest BCUT2D eigenvalue weighted by Gasteiger charge is 2.26. The largest absolute Gasteiger partial charge is 0.492 e. The highest BCUT2D eigenvalue weighted by atomic mass is 19.1. The second-order valence-corrected chi connectivity index (χ2v) is 8.93. The van der Waals surface area contributed by atoms with Crippen LogP contribution in [0.5, 0.6) is 5.75 Å². The predicted molar refractivity (Wildman–Crippen MR) is 136 cm³/mol. The molecule has 2 atom stereocenters. The lowest BCUT2D eigenvalue weighted by molar-refractivity contribution is 0.166. The molecule has 1 saturated heterocycles. The lowest BCUT2D eigenvalue weighted by atomic mass is 9.88. The van der Waals surface area contributed by atoms with Gasteiger partial charge in [0.15, 0.2) is 0 Å². The van der Waals surface area contributed by atoms with Crippen molar-refractivity contribution in [3.05, 3.63) is 102 Å². The van der Waals surface area contributed by atoms with Crippen LogP contribution < -0.4 is 4.74 Å². The van der Waals surface area contributed by atoms with Gasteiger partial charge in [-0.25, -0.2) is 0 Å². The van der Waals surface area contributed by atoms with Crippen molar-refractivity contribution >= 4 is 11.1 Å². The van der Waals surface area contributed by atoms with Gasteiger partial charge >= 0.3 is 0 Å². The number of benzene rings is 3. The van der Waals surface area contributed by atoms with Crippen LogP contribution in [0, 0.1) is 5.92 Å². The summed E-state index contributed by atoms with van der Waals surface area (Å²) in [6, 6.07) is 30.0. The maximum Gasteiger partial charge on any atom is 0.119 e. The minimum atomic E-state index is -0.217. The van der Waals surface area contributed by atoms with E-state index in [1.54, 1.807) is 0 Å². The lowest BCUT2D eigenvalue weighted by Crippen LogP contribution is -2.35. The van der Waals surface area contributed by atoms with Gasteiger partial charge in [0.2, 0.25) is 0 Å². The Morgan fingerprint density at radius 1 is 0.909 bits per heavy atom. The van der Waals surface area contributed by atoms with Crippen LogP contribution in [0.4, 0.5) is 4.39 Å². The normalized spacial score (nSPS) is 18.1. The van der Waals surface area contributed by atoms with Crippen LogP contribution in [0.2, 0.25) is 0 Å². The molecule has 172 valence electrons. The fourth-order valence-corrected chi connectivity index (χ4v) is 4.71. The molecule has 3 heteroatoms. The summed E-state index contributed by atoms with van der Waals surface area (Å²) in [7, 11) is 0. The van der Waals surface area contributed by atoms with Crippen molar-refractivity contribution in [2.45, 2.75) is 32.7 Å². The van der Waals surface area contributed by atoms with E-state index in [1.165, 1.54) is 27.8 Å². The van der Waals surface area contributed by atoms with Gasteiger partial charge in [-0.1, -0.05) is 79.7 Å². The summed E-state index contributed by atoms with van der Waals surface area (Å²) in [4.78, 5) is 2.34. The number of nitrogens with zero attached hydrogens (tertiary/aromatic N) is 1. The van der Waals surface area contributed by atoms with E-state index >= 15 is 0 Å². The molecular weight excluding hydrogens is 409 g/mol. The summed E-state index contributed by atoms with van der Waals surface area (Å²) in [5.74, 6) is 1.06. The Morgan fingerprint density at radius 3 is 2.09 bits per heavy atom. The topological polar surface area (TPSA) is 12.5 Å². The van der Waals surface area contributed by atoms with Gasteiger partial charge in [-0.15, -0.1) is 0 Å². The SMILES string of the molecule is CC/C(=C(\c1ccccc1)c1ccc(OC[C@@H](C)N2CC[C@H](CF)C2)cc1)c1ccccc1. The molecule has 1 aliphatic rings. The predicted octanol–water partition coefficient (Wildman–Crippen LogP) is 7.11. The zero-order valence-corrected chi connectivity index (χ0v) is 19.7. The molecule has 0 unspecified atom stereocenters. The van der Waals surface area contributed by atoms with Crippen LogP contribution >= 0.6 is 0 Å². The Balaban J connectivity index is 1.55. The number of hydrogen-bond donors (Lipinski definition) is 0. The molecule has 33 heavy (non-hydrogen) atoms. The standard InChI is InChI=1S/C30H34FNO/c1-3-29(25-10-6-4-7-11-25)30(26-12-8-5-9-13-26)27-14-16-28(17-15-27)33-22-23(2)32-19-18-24(20-31)21-32/h4-17,23-24H,3,18-22H2,1-2H3/b30-29-/t23-,24-/m1/s1. The molecule has 0 spiro atoms. The second-order valence-electron chi connectivity index (χ2n) is 8.93. The van der Waals surface area contributed by atoms with E-state index < -0.39 is 0 Å². The monoisotopic (exact) mass is 443 g/mol. The molecule has 3 aromatic rings. The van der Waals surface area contributed by atoms with E-state index in [0.29, 0.717) is 6.61 Å². The van der Waals surface area contributed by atoms with Crippen molar-refractivity contribution in [3.63, 3.8) is 0 Å². The van der Waals surface area contributed by atoms with Gasteiger partial charge in [0, 0.05) is 18.5 Å². The van der Waals surface area contributed by atoms with Gasteiger partial charge in [0.05, 0.1) is 6.67 Å². The lowest BCUT2D eigenvalue weighted by Gasteiger charge is -2.24. The smallest absolute Gasteiger partial charge is 0.119 e. The van der Waals surface area contributed by atoms with Gasteiger partial charge in [-0.3, -0.25) is 9.29 Å². The first-order valence-electron chi connectivity index (χ1n) is 12.1. The minimum Gasteiger partial charge on any atom is -0.492 e. The number of alkyl halides is 1. The second kappa shape index (κ2) is 11.3. The summed E-state index contributed by atoms with van der Waals surface area (Å²) in [6.45, 7) is 6.58. The molecule has 1 heterocycles. The molecule has 2 nitrogen and oxygen atoms in total. The fourth-order valence-electron chi connectivity index (χ4n) is 4.71. The van der Waals surface area contributed by atoms with E-state index in [0.717, 1.165) is 31.7 Å². The molecule has 3 aromatic carbocycles. The third kappa shape index (κ3) is 5.72. The summed E-state index contributed by atoms with van der Waals surface area (Å²) in [5, 5.41) is 0. The third-order valence-corrected chi connectivity index (χ3v) is 6.63. The van der Waals surface area contributed by atoms with E-state index in [1.807, 2.05) is 0 Å². The van der Waals surface area contributed by atoms with E-state index in [-0.39, 0.29) is 18.6 Å². The van der Waals surface area contributed by atoms with Crippen LogP contribution in [0.3, 0.4) is 0 Å². The average Bonchev–Trinajstić information content (AvgIpc) is 3.37. The molecule has 0 amide bonds. The van der Waals surface area contributed by atoms with Gasteiger partial charge in [0.25, 0.3) is 0 Å². The van der Waals surface area contributed by atoms with Crippen molar-refractivity contribution < 1.29 is 9.13 Å². The van der Waals surface area contributed by atoms with Crippen LogP contribution in [0.15, 0.2) is 84.9 Å². The molecule has 0 aromatic heterocycles. The summed E-state index contributed by atoms with van der Waals surface area (Å²) >= 11 is 0. The summed E-state index contributed by atoms with van der Waals surface area (Å²) < 4.78 is 19.1. The molecule has 0 radical (unpaired) electrons. The summed E-state index contributed by atoms with van der Waals surface area (Å²) in [6.07, 6.45) is 1.89. The van der Waals surface area contributed by atoms with Crippen LogP contribution in [-0.4, -0.2) is 37.3 Å². The molecule has 0 aliphatic carbocycles. The minimum absolute atomic E-state index is 0.187. The molecule has 0 N–H and O–H groups in total. The van der Waals surface area contributed by atoms with E-state index in [4.69, 9.17) is 4.74 Å². The van der Waals surface area contributed by atoms with Crippen molar-refractivity contribution in [2.24, 2.45) is 5.92 Å². The van der Waals surface area contributed by atoms with Crippen molar-refractivity contribution in [1.82, 2.24) is 4.90 Å². The number of likely N-dealkylation sites (tertiary alicyclic amines) is 1. The highest BCUT2D eigenvalue weighted by Crippen LogP contribution is 2.35. The van der Waals surface area contributed by atoms with Crippen molar-refractivity contribution in [3.8, 4) is 5.75 Å². The quantitative estimate of drug-likeness (QED) is 0.327. The van der Waals surface area contributed by atoms with Crippen LogP contribution in [-0.2, 0) is 0 Å². The maximum absolute atomic E-state index is 12.9. The van der Waals surface area contributed by atoms with E-state index in [2.05, 4.69) is 104 Å². The van der Waals surface area contributed by atoms with Gasteiger partial charge in [-0.2, -0.15) is 0 Å². The summed E-state index contributed by atoms with van der Waals surface area (Å²) in [5.41, 5.74) is 6.26. The average molecular weight is 444 g/mol. The first kappa shape index (κ1) is 23.3. The Hall–Kier alpha value is -2.91. The maximum atomic E-state index is 12.9. The number of ether oxygens (including phenoxy) is 1. The van der Waals surface area contributed by atoms with Crippen molar-refractivity contribution in [2.75, 3.05) is 26.4 Å². The Morgan fingerprint density at radius 2 is 1.52 bits per heavy atom. The van der Waals surface area contributed by atoms with Crippen molar-refractivity contribution in [1.29, 1.82) is 0 Å². The van der Waals surface area contributed by atoms with Gasteiger partial charge in [0.1, 0.15) is 12.4 Å². The zero-order valence-electron chi connectivity index (χ0n) is 19.7. The number of halogens is 1. The molecule has 1 fully saturated rings. The van der Waals surface area contributed by atoms with Gasteiger partial charge < -0.3 is 4.74 Å². The molecule has 0 saturated carbocycles.